The Kier molecular flexibility index (Phi) is 4.44. The Morgan fingerprint density at radius 1 is 1.10 bits per heavy atom. The maximum absolute atomic E-state index is 12.7. The second-order valence-electron chi connectivity index (χ2n) is 6.87. The van der Waals surface area contributed by atoms with Gasteiger partial charge in [-0.05, 0) is 24.1 Å². The van der Waals surface area contributed by atoms with E-state index in [0.29, 0.717) is 41.8 Å². The topological polar surface area (TPSA) is 86.5 Å². The summed E-state index contributed by atoms with van der Waals surface area (Å²) >= 11 is 1.31. The summed E-state index contributed by atoms with van der Waals surface area (Å²) in [6, 6.07) is 15.8. The van der Waals surface area contributed by atoms with Crippen LogP contribution in [0.15, 0.2) is 48.5 Å². The minimum Gasteiger partial charge on any atom is -0.486 e. The van der Waals surface area contributed by atoms with Crippen molar-refractivity contribution in [2.24, 2.45) is 0 Å². The molecule has 4 aromatic rings. The van der Waals surface area contributed by atoms with Crippen LogP contribution in [0.2, 0.25) is 0 Å². The number of nitrogens with zero attached hydrogens (tertiary/aromatic N) is 1. The number of thiophene rings is 1. The lowest BCUT2D eigenvalue weighted by atomic mass is 10.1. The van der Waals surface area contributed by atoms with Crippen molar-refractivity contribution < 1.29 is 14.3 Å². The third kappa shape index (κ3) is 3.34. The first-order chi connectivity index (χ1) is 14.2. The Morgan fingerprint density at radius 3 is 2.66 bits per heavy atom. The molecule has 0 aliphatic carbocycles. The lowest BCUT2D eigenvalue weighted by molar-refractivity contribution is 0.0959. The molecule has 146 valence electrons. The number of nitrogens with two attached hydrogens (primary N) is 1. The Morgan fingerprint density at radius 2 is 1.86 bits per heavy atom. The van der Waals surface area contributed by atoms with Crippen molar-refractivity contribution in [1.29, 1.82) is 0 Å². The molecule has 3 heterocycles. The molecule has 1 aliphatic heterocycles. The number of nitrogens with one attached hydrogen (secondary N) is 1. The highest BCUT2D eigenvalue weighted by atomic mass is 32.1. The molecule has 0 saturated heterocycles. The number of rotatable bonds is 4. The Labute approximate surface area is 171 Å². The van der Waals surface area contributed by atoms with Crippen molar-refractivity contribution >= 4 is 44.1 Å². The van der Waals surface area contributed by atoms with E-state index < -0.39 is 0 Å². The number of hydrogen-bond donors (Lipinski definition) is 2. The number of nitrogen functional groups attached to an aromatic ring is 1. The summed E-state index contributed by atoms with van der Waals surface area (Å²) in [6.45, 7) is 1.61. The van der Waals surface area contributed by atoms with Crippen LogP contribution in [-0.2, 0) is 6.42 Å². The van der Waals surface area contributed by atoms with Crippen LogP contribution < -0.4 is 20.5 Å². The lowest BCUT2D eigenvalue weighted by Gasteiger charge is -2.18. The molecule has 29 heavy (non-hydrogen) atoms. The van der Waals surface area contributed by atoms with Crippen molar-refractivity contribution in [2.45, 2.75) is 6.42 Å². The van der Waals surface area contributed by atoms with Crippen LogP contribution in [0.1, 0.15) is 15.2 Å². The number of aromatic nitrogens is 1. The summed E-state index contributed by atoms with van der Waals surface area (Å²) in [5.41, 5.74) is 8.74. The Bertz CT molecular complexity index is 1220. The highest BCUT2D eigenvalue weighted by Gasteiger charge is 2.19. The highest BCUT2D eigenvalue weighted by Crippen LogP contribution is 2.38. The van der Waals surface area contributed by atoms with Crippen molar-refractivity contribution in [1.82, 2.24) is 10.3 Å². The highest BCUT2D eigenvalue weighted by molar-refractivity contribution is 7.21. The van der Waals surface area contributed by atoms with Crippen molar-refractivity contribution in [2.75, 3.05) is 25.5 Å². The molecule has 5 rings (SSSR count). The van der Waals surface area contributed by atoms with E-state index in [1.807, 2.05) is 48.5 Å². The normalized spacial score (nSPS) is 13.0. The maximum Gasteiger partial charge on any atom is 0.263 e. The molecule has 0 radical (unpaired) electrons. The zero-order chi connectivity index (χ0) is 19.8. The monoisotopic (exact) mass is 405 g/mol. The average molecular weight is 405 g/mol. The van der Waals surface area contributed by atoms with Gasteiger partial charge in [0.25, 0.3) is 5.91 Å². The molecule has 6 nitrogen and oxygen atoms in total. The number of ether oxygens (including phenoxy) is 2. The van der Waals surface area contributed by atoms with Gasteiger partial charge in [0, 0.05) is 23.4 Å². The molecule has 0 atom stereocenters. The predicted molar refractivity (Wildman–Crippen MR) is 115 cm³/mol. The number of amides is 1. The standard InChI is InChI=1S/C22H19N3O3S/c23-19-15-10-14-11-17-18(28-9-8-27-17)12-16(14)25-22(15)29-20(19)21(26)24-7-6-13-4-2-1-3-5-13/h1-5,10-12H,6-9,23H2,(H,24,26). The number of fused-ring (bicyclic) bond motifs is 3. The second kappa shape index (κ2) is 7.25. The summed E-state index contributed by atoms with van der Waals surface area (Å²) in [6.07, 6.45) is 0.769. The number of anilines is 1. The summed E-state index contributed by atoms with van der Waals surface area (Å²) in [5, 5.41) is 4.65. The van der Waals surface area contributed by atoms with Crippen molar-refractivity contribution in [3.05, 3.63) is 59.0 Å². The van der Waals surface area contributed by atoms with Gasteiger partial charge in [-0.2, -0.15) is 0 Å². The van der Waals surface area contributed by atoms with Gasteiger partial charge >= 0.3 is 0 Å². The number of pyridine rings is 1. The van der Waals surface area contributed by atoms with Gasteiger partial charge < -0.3 is 20.5 Å². The van der Waals surface area contributed by atoms with E-state index in [2.05, 4.69) is 5.32 Å². The van der Waals surface area contributed by atoms with Crippen LogP contribution in [0, 0.1) is 0 Å². The number of carbonyl (C=O) groups excluding carboxylic acids is 1. The van der Waals surface area contributed by atoms with Gasteiger partial charge in [-0.15, -0.1) is 11.3 Å². The van der Waals surface area contributed by atoms with E-state index in [1.165, 1.54) is 16.9 Å². The fraction of sp³-hybridized carbons (Fsp3) is 0.182. The lowest BCUT2D eigenvalue weighted by Crippen LogP contribution is -2.25. The molecule has 1 amide bonds. The fourth-order valence-electron chi connectivity index (χ4n) is 3.45. The Hall–Kier alpha value is -3.32. The van der Waals surface area contributed by atoms with E-state index in [9.17, 15) is 4.79 Å². The summed E-state index contributed by atoms with van der Waals surface area (Å²) < 4.78 is 11.3. The van der Waals surface area contributed by atoms with Crippen molar-refractivity contribution in [3.63, 3.8) is 0 Å². The molecule has 0 spiro atoms. The minimum atomic E-state index is -0.170. The number of carbonyl (C=O) groups is 1. The molecule has 2 aromatic carbocycles. The number of hydrogen-bond acceptors (Lipinski definition) is 6. The Balaban J connectivity index is 1.42. The van der Waals surface area contributed by atoms with Gasteiger partial charge in [-0.3, -0.25) is 4.79 Å². The summed E-state index contributed by atoms with van der Waals surface area (Å²) in [7, 11) is 0. The van der Waals surface area contributed by atoms with E-state index in [4.69, 9.17) is 20.2 Å². The molecule has 7 heteroatoms. The number of benzene rings is 2. The first-order valence-electron chi connectivity index (χ1n) is 9.43. The van der Waals surface area contributed by atoms with E-state index in [-0.39, 0.29) is 5.91 Å². The third-order valence-corrected chi connectivity index (χ3v) is 6.04. The molecular weight excluding hydrogens is 386 g/mol. The van der Waals surface area contributed by atoms with Crippen molar-refractivity contribution in [3.8, 4) is 11.5 Å². The zero-order valence-electron chi connectivity index (χ0n) is 15.6. The van der Waals surface area contributed by atoms with Gasteiger partial charge in [-0.25, -0.2) is 4.98 Å². The first kappa shape index (κ1) is 17.8. The smallest absolute Gasteiger partial charge is 0.263 e. The largest absolute Gasteiger partial charge is 0.486 e. The van der Waals surface area contributed by atoms with Gasteiger partial charge in [-0.1, -0.05) is 30.3 Å². The van der Waals surface area contributed by atoms with E-state index in [1.54, 1.807) is 0 Å². The van der Waals surface area contributed by atoms with Gasteiger partial charge in [0.2, 0.25) is 0 Å². The molecule has 3 N–H and O–H groups in total. The molecule has 0 unspecified atom stereocenters. The van der Waals surface area contributed by atoms with Crippen LogP contribution in [-0.4, -0.2) is 30.6 Å². The molecule has 2 aromatic heterocycles. The van der Waals surface area contributed by atoms with Crippen LogP contribution in [0.5, 0.6) is 11.5 Å². The first-order valence-corrected chi connectivity index (χ1v) is 10.3. The summed E-state index contributed by atoms with van der Waals surface area (Å²) in [4.78, 5) is 18.6. The fourth-order valence-corrected chi connectivity index (χ4v) is 4.45. The maximum atomic E-state index is 12.7. The zero-order valence-corrected chi connectivity index (χ0v) is 16.4. The minimum absolute atomic E-state index is 0.170. The molecule has 0 saturated carbocycles. The van der Waals surface area contributed by atoms with Crippen LogP contribution >= 0.6 is 11.3 Å². The SMILES string of the molecule is Nc1c(C(=O)NCCc2ccccc2)sc2nc3cc4c(cc3cc12)OCCO4. The molecule has 0 fully saturated rings. The van der Waals surface area contributed by atoms with Crippen LogP contribution in [0.25, 0.3) is 21.1 Å². The second-order valence-corrected chi connectivity index (χ2v) is 7.87. The average Bonchev–Trinajstić information content (AvgIpc) is 3.07. The summed E-state index contributed by atoms with van der Waals surface area (Å²) in [5.74, 6) is 1.23. The van der Waals surface area contributed by atoms with Crippen LogP contribution in [0.4, 0.5) is 5.69 Å². The molecule has 0 bridgehead atoms. The predicted octanol–water partition coefficient (Wildman–Crippen LogP) is 3.78. The molecular formula is C22H19N3O3S. The van der Waals surface area contributed by atoms with Gasteiger partial charge in [0.1, 0.15) is 22.9 Å². The van der Waals surface area contributed by atoms with Crippen LogP contribution in [0.3, 0.4) is 0 Å². The quantitative estimate of drug-likeness (QED) is 0.540. The van der Waals surface area contributed by atoms with E-state index in [0.717, 1.165) is 27.5 Å². The van der Waals surface area contributed by atoms with Gasteiger partial charge in [0.05, 0.1) is 11.2 Å². The van der Waals surface area contributed by atoms with Gasteiger partial charge in [0.15, 0.2) is 11.5 Å². The molecule has 1 aliphatic rings. The third-order valence-electron chi connectivity index (χ3n) is 4.93. The van der Waals surface area contributed by atoms with E-state index >= 15 is 0 Å².